The molecule has 0 aromatic heterocycles. The van der Waals surface area contributed by atoms with Crippen LogP contribution >= 0.6 is 0 Å². The average Bonchev–Trinajstić information content (AvgIpc) is 2.58. The Balaban J connectivity index is 2.19. The molecule has 1 saturated heterocycles. The number of nitrogens with one attached hydrogen (secondary N) is 1. The highest BCUT2D eigenvalue weighted by atomic mass is 16.3. The highest BCUT2D eigenvalue weighted by Crippen LogP contribution is 2.09. The van der Waals surface area contributed by atoms with Crippen molar-refractivity contribution in [1.29, 1.82) is 0 Å². The summed E-state index contributed by atoms with van der Waals surface area (Å²) in [5.41, 5.74) is 0. The Morgan fingerprint density at radius 2 is 1.92 bits per heavy atom. The predicted molar refractivity (Wildman–Crippen MR) is 51.6 cm³/mol. The first-order valence-electron chi connectivity index (χ1n) is 5.01. The van der Waals surface area contributed by atoms with E-state index in [-0.39, 0.29) is 13.2 Å². The van der Waals surface area contributed by atoms with Gasteiger partial charge < -0.3 is 15.5 Å². The first-order valence-corrected chi connectivity index (χ1v) is 5.01. The molecule has 13 heavy (non-hydrogen) atoms. The normalized spacial score (nSPS) is 22.8. The van der Waals surface area contributed by atoms with E-state index in [0.29, 0.717) is 19.0 Å². The summed E-state index contributed by atoms with van der Waals surface area (Å²) >= 11 is 0. The van der Waals surface area contributed by atoms with E-state index in [4.69, 9.17) is 10.2 Å². The molecule has 1 heterocycles. The molecular formula is C9H20N2O2. The summed E-state index contributed by atoms with van der Waals surface area (Å²) in [6.45, 7) is 4.90. The fraction of sp³-hybridized carbons (Fsp3) is 1.00. The zero-order valence-electron chi connectivity index (χ0n) is 8.08. The van der Waals surface area contributed by atoms with Crippen molar-refractivity contribution in [3.05, 3.63) is 0 Å². The maximum absolute atomic E-state index is 8.80. The summed E-state index contributed by atoms with van der Waals surface area (Å²) in [5.74, 6) is 0.693. The van der Waals surface area contributed by atoms with Crippen LogP contribution in [0, 0.1) is 5.92 Å². The number of rotatable bonds is 6. The summed E-state index contributed by atoms with van der Waals surface area (Å²) in [6.07, 6.45) is 1.22. The summed E-state index contributed by atoms with van der Waals surface area (Å²) in [6, 6.07) is 0. The molecule has 0 aromatic carbocycles. The van der Waals surface area contributed by atoms with Crippen LogP contribution < -0.4 is 5.32 Å². The van der Waals surface area contributed by atoms with Crippen molar-refractivity contribution in [1.82, 2.24) is 10.2 Å². The Kier molecular flexibility index (Phi) is 5.31. The van der Waals surface area contributed by atoms with Crippen molar-refractivity contribution in [2.75, 3.05) is 45.9 Å². The second-order valence-electron chi connectivity index (χ2n) is 3.61. The van der Waals surface area contributed by atoms with E-state index in [1.807, 2.05) is 0 Å². The van der Waals surface area contributed by atoms with Crippen LogP contribution in [0.4, 0.5) is 0 Å². The van der Waals surface area contributed by atoms with Crippen molar-refractivity contribution in [3.8, 4) is 0 Å². The molecule has 0 radical (unpaired) electrons. The first kappa shape index (κ1) is 10.9. The van der Waals surface area contributed by atoms with Gasteiger partial charge in [0.05, 0.1) is 13.2 Å². The highest BCUT2D eigenvalue weighted by Gasteiger charge is 2.17. The molecule has 1 rings (SSSR count). The Morgan fingerprint density at radius 1 is 1.23 bits per heavy atom. The second kappa shape index (κ2) is 6.32. The third kappa shape index (κ3) is 4.04. The van der Waals surface area contributed by atoms with Crippen LogP contribution in [0.15, 0.2) is 0 Å². The van der Waals surface area contributed by atoms with Gasteiger partial charge in [-0.1, -0.05) is 0 Å². The highest BCUT2D eigenvalue weighted by molar-refractivity contribution is 4.74. The molecule has 1 fully saturated rings. The minimum atomic E-state index is 0.181. The van der Waals surface area contributed by atoms with Crippen molar-refractivity contribution >= 4 is 0 Å². The number of aliphatic hydroxyl groups excluding tert-OH is 2. The van der Waals surface area contributed by atoms with Crippen LogP contribution in [-0.4, -0.2) is 61.1 Å². The van der Waals surface area contributed by atoms with Gasteiger partial charge in [0.25, 0.3) is 0 Å². The predicted octanol–water partition coefficient (Wildman–Crippen LogP) is -1.12. The Hall–Kier alpha value is -0.160. The van der Waals surface area contributed by atoms with Crippen molar-refractivity contribution in [2.24, 2.45) is 5.92 Å². The van der Waals surface area contributed by atoms with Gasteiger partial charge in [-0.25, -0.2) is 0 Å². The fourth-order valence-corrected chi connectivity index (χ4v) is 1.81. The lowest BCUT2D eigenvalue weighted by atomic mass is 10.1. The van der Waals surface area contributed by atoms with E-state index in [1.54, 1.807) is 0 Å². The van der Waals surface area contributed by atoms with E-state index >= 15 is 0 Å². The van der Waals surface area contributed by atoms with Crippen LogP contribution in [0.25, 0.3) is 0 Å². The SMILES string of the molecule is OCCN(CCO)CC1CCNC1. The van der Waals surface area contributed by atoms with Gasteiger partial charge in [0, 0.05) is 19.6 Å². The van der Waals surface area contributed by atoms with Gasteiger partial charge >= 0.3 is 0 Å². The summed E-state index contributed by atoms with van der Waals surface area (Å²) in [7, 11) is 0. The third-order valence-electron chi connectivity index (χ3n) is 2.51. The monoisotopic (exact) mass is 188 g/mol. The zero-order chi connectivity index (χ0) is 9.52. The minimum absolute atomic E-state index is 0.181. The Labute approximate surface area is 79.6 Å². The molecule has 0 aromatic rings. The third-order valence-corrected chi connectivity index (χ3v) is 2.51. The van der Waals surface area contributed by atoms with Crippen LogP contribution in [0.5, 0.6) is 0 Å². The quantitative estimate of drug-likeness (QED) is 0.494. The largest absolute Gasteiger partial charge is 0.395 e. The maximum atomic E-state index is 8.80. The molecule has 0 bridgehead atoms. The molecule has 3 N–H and O–H groups in total. The molecule has 1 unspecified atom stereocenters. The molecule has 4 nitrogen and oxygen atoms in total. The Morgan fingerprint density at radius 3 is 2.38 bits per heavy atom. The molecular weight excluding hydrogens is 168 g/mol. The van der Waals surface area contributed by atoms with E-state index in [9.17, 15) is 0 Å². The van der Waals surface area contributed by atoms with E-state index in [1.165, 1.54) is 6.42 Å². The van der Waals surface area contributed by atoms with Crippen molar-refractivity contribution in [2.45, 2.75) is 6.42 Å². The maximum Gasteiger partial charge on any atom is 0.0558 e. The topological polar surface area (TPSA) is 55.7 Å². The summed E-state index contributed by atoms with van der Waals surface area (Å²) in [4.78, 5) is 2.12. The summed E-state index contributed by atoms with van der Waals surface area (Å²) in [5, 5.41) is 20.9. The van der Waals surface area contributed by atoms with Gasteiger partial charge in [-0.05, 0) is 25.4 Å². The molecule has 1 atom stereocenters. The van der Waals surface area contributed by atoms with Crippen molar-refractivity contribution in [3.63, 3.8) is 0 Å². The van der Waals surface area contributed by atoms with Crippen LogP contribution in [-0.2, 0) is 0 Å². The van der Waals surface area contributed by atoms with E-state index < -0.39 is 0 Å². The summed E-state index contributed by atoms with van der Waals surface area (Å²) < 4.78 is 0. The average molecular weight is 188 g/mol. The first-order chi connectivity index (χ1) is 6.36. The van der Waals surface area contributed by atoms with Crippen LogP contribution in [0.1, 0.15) is 6.42 Å². The minimum Gasteiger partial charge on any atom is -0.395 e. The van der Waals surface area contributed by atoms with E-state index in [0.717, 1.165) is 19.6 Å². The van der Waals surface area contributed by atoms with Gasteiger partial charge in [0.15, 0.2) is 0 Å². The zero-order valence-corrected chi connectivity index (χ0v) is 8.08. The standard InChI is InChI=1S/C9H20N2O2/c12-5-3-11(4-6-13)8-9-1-2-10-7-9/h9-10,12-13H,1-8H2. The fourth-order valence-electron chi connectivity index (χ4n) is 1.81. The molecule has 0 aliphatic carbocycles. The molecule has 1 aliphatic rings. The smallest absolute Gasteiger partial charge is 0.0558 e. The molecule has 1 aliphatic heterocycles. The Bertz CT molecular complexity index is 121. The number of hydrogen-bond acceptors (Lipinski definition) is 4. The lowest BCUT2D eigenvalue weighted by molar-refractivity contribution is 0.147. The second-order valence-corrected chi connectivity index (χ2v) is 3.61. The lowest BCUT2D eigenvalue weighted by Crippen LogP contribution is -2.35. The van der Waals surface area contributed by atoms with E-state index in [2.05, 4.69) is 10.2 Å². The lowest BCUT2D eigenvalue weighted by Gasteiger charge is -2.23. The van der Waals surface area contributed by atoms with Gasteiger partial charge in [-0.15, -0.1) is 0 Å². The molecule has 0 saturated carbocycles. The van der Waals surface area contributed by atoms with Gasteiger partial charge in [0.2, 0.25) is 0 Å². The van der Waals surface area contributed by atoms with Crippen LogP contribution in [0.2, 0.25) is 0 Å². The molecule has 0 amide bonds. The van der Waals surface area contributed by atoms with Crippen molar-refractivity contribution < 1.29 is 10.2 Å². The molecule has 4 heteroatoms. The van der Waals surface area contributed by atoms with Gasteiger partial charge in [-0.3, -0.25) is 4.90 Å². The number of hydrogen-bond donors (Lipinski definition) is 3. The molecule has 78 valence electrons. The van der Waals surface area contributed by atoms with Gasteiger partial charge in [0.1, 0.15) is 0 Å². The molecule has 0 spiro atoms. The number of aliphatic hydroxyl groups is 2. The van der Waals surface area contributed by atoms with Gasteiger partial charge in [-0.2, -0.15) is 0 Å². The number of nitrogens with zero attached hydrogens (tertiary/aromatic N) is 1. The van der Waals surface area contributed by atoms with Crippen LogP contribution in [0.3, 0.4) is 0 Å².